The molecule has 0 atom stereocenters. The van der Waals surface area contributed by atoms with E-state index in [0.717, 1.165) is 6.54 Å². The minimum Gasteiger partial charge on any atom is -0.329 e. The van der Waals surface area contributed by atoms with Crippen molar-refractivity contribution in [1.29, 1.82) is 0 Å². The summed E-state index contributed by atoms with van der Waals surface area (Å²) in [5.74, 6) is 0. The van der Waals surface area contributed by atoms with Gasteiger partial charge in [-0.05, 0) is 7.05 Å². The molecule has 0 unspecified atom stereocenters. The number of rotatable bonds is 5. The van der Waals surface area contributed by atoms with Crippen molar-refractivity contribution in [1.82, 2.24) is 4.90 Å². The van der Waals surface area contributed by atoms with Crippen LogP contribution in [-0.4, -0.2) is 44.2 Å². The van der Waals surface area contributed by atoms with Gasteiger partial charge in [-0.15, -0.1) is 0 Å². The first-order valence-corrected chi connectivity index (χ1v) is 3.56. The molecule has 0 aromatic heterocycles. The van der Waals surface area contributed by atoms with Crippen molar-refractivity contribution in [2.75, 3.05) is 33.2 Å². The summed E-state index contributed by atoms with van der Waals surface area (Å²) in [5, 5.41) is 0. The Morgan fingerprint density at radius 1 is 1.20 bits per heavy atom. The van der Waals surface area contributed by atoms with Gasteiger partial charge >= 0.3 is 0 Å². The Bertz CT molecular complexity index is 72.1. The smallest absolute Gasteiger partial charge is 0.0338 e. The van der Waals surface area contributed by atoms with Crippen LogP contribution in [0.25, 0.3) is 0 Å². The Morgan fingerprint density at radius 3 is 2.00 bits per heavy atom. The molecule has 0 aliphatic heterocycles. The topological polar surface area (TPSA) is 81.3 Å². The molecule has 10 heavy (non-hydrogen) atoms. The molecule has 4 heteroatoms. The van der Waals surface area contributed by atoms with Gasteiger partial charge in [0.2, 0.25) is 0 Å². The molecule has 0 bridgehead atoms. The summed E-state index contributed by atoms with van der Waals surface area (Å²) < 4.78 is 0. The minimum absolute atomic E-state index is 0.281. The maximum atomic E-state index is 5.45. The molecule has 0 heterocycles. The molecule has 0 amide bonds. The number of nitrogens with zero attached hydrogens (tertiary/aromatic N) is 1. The molecule has 0 rings (SSSR count). The highest BCUT2D eigenvalue weighted by atomic mass is 15.1. The van der Waals surface area contributed by atoms with Crippen molar-refractivity contribution in [2.45, 2.75) is 6.04 Å². The Kier molecular flexibility index (Phi) is 5.52. The van der Waals surface area contributed by atoms with Gasteiger partial charge in [0.1, 0.15) is 0 Å². The third kappa shape index (κ3) is 3.12. The van der Waals surface area contributed by atoms with E-state index in [1.165, 1.54) is 0 Å². The normalized spacial score (nSPS) is 11.4. The molecule has 4 nitrogen and oxygen atoms in total. The largest absolute Gasteiger partial charge is 0.329 e. The Balaban J connectivity index is 3.53. The predicted molar refractivity (Wildman–Crippen MR) is 43.6 cm³/mol. The van der Waals surface area contributed by atoms with Crippen molar-refractivity contribution in [3.05, 3.63) is 0 Å². The van der Waals surface area contributed by atoms with Crippen LogP contribution >= 0.6 is 0 Å². The van der Waals surface area contributed by atoms with E-state index >= 15 is 0 Å². The van der Waals surface area contributed by atoms with Gasteiger partial charge in [-0.25, -0.2) is 0 Å². The quantitative estimate of drug-likeness (QED) is 0.426. The van der Waals surface area contributed by atoms with E-state index in [4.69, 9.17) is 17.2 Å². The van der Waals surface area contributed by atoms with Crippen LogP contribution in [0, 0.1) is 0 Å². The van der Waals surface area contributed by atoms with Gasteiger partial charge in [-0.2, -0.15) is 0 Å². The van der Waals surface area contributed by atoms with E-state index in [2.05, 4.69) is 4.90 Å². The first-order chi connectivity index (χ1) is 4.76. The summed E-state index contributed by atoms with van der Waals surface area (Å²) in [5.41, 5.74) is 16.3. The fourth-order valence-electron chi connectivity index (χ4n) is 0.842. The third-order valence-electron chi connectivity index (χ3n) is 1.65. The van der Waals surface area contributed by atoms with Crippen molar-refractivity contribution in [2.24, 2.45) is 17.2 Å². The van der Waals surface area contributed by atoms with Gasteiger partial charge < -0.3 is 17.2 Å². The number of hydrogen-bond donors (Lipinski definition) is 3. The van der Waals surface area contributed by atoms with Crippen LogP contribution in [0.3, 0.4) is 0 Å². The van der Waals surface area contributed by atoms with Crippen molar-refractivity contribution < 1.29 is 0 Å². The molecule has 0 aromatic carbocycles. The van der Waals surface area contributed by atoms with Crippen molar-refractivity contribution >= 4 is 0 Å². The molecule has 0 aliphatic rings. The molecule has 0 saturated heterocycles. The maximum absolute atomic E-state index is 5.45. The van der Waals surface area contributed by atoms with Crippen LogP contribution in [0.1, 0.15) is 0 Å². The summed E-state index contributed by atoms with van der Waals surface area (Å²) >= 11 is 0. The highest BCUT2D eigenvalue weighted by Crippen LogP contribution is 1.89. The van der Waals surface area contributed by atoms with E-state index < -0.39 is 0 Å². The second-order valence-electron chi connectivity index (χ2n) is 2.39. The molecule has 0 aliphatic carbocycles. The first kappa shape index (κ1) is 9.84. The highest BCUT2D eigenvalue weighted by Gasteiger charge is 2.08. The van der Waals surface area contributed by atoms with Crippen LogP contribution in [0.4, 0.5) is 0 Å². The summed E-state index contributed by atoms with van der Waals surface area (Å²) in [4.78, 5) is 2.08. The molecular formula is C6H18N4. The molecule has 0 aromatic rings. The Labute approximate surface area is 62.3 Å². The number of hydrogen-bond acceptors (Lipinski definition) is 4. The minimum atomic E-state index is 0.281. The Hall–Kier alpha value is -0.160. The van der Waals surface area contributed by atoms with Crippen molar-refractivity contribution in [3.8, 4) is 0 Å². The monoisotopic (exact) mass is 146 g/mol. The number of nitrogens with two attached hydrogens (primary N) is 3. The lowest BCUT2D eigenvalue weighted by molar-refractivity contribution is 0.259. The van der Waals surface area contributed by atoms with E-state index in [1.807, 2.05) is 7.05 Å². The molecule has 6 N–H and O–H groups in total. The summed E-state index contributed by atoms with van der Waals surface area (Å²) in [6, 6.07) is 0.281. The van der Waals surface area contributed by atoms with E-state index in [-0.39, 0.29) is 6.04 Å². The first-order valence-electron chi connectivity index (χ1n) is 3.56. The average molecular weight is 146 g/mol. The van der Waals surface area contributed by atoms with Gasteiger partial charge in [0.15, 0.2) is 0 Å². The molecule has 62 valence electrons. The van der Waals surface area contributed by atoms with Gasteiger partial charge in [0.25, 0.3) is 0 Å². The second kappa shape index (κ2) is 5.61. The third-order valence-corrected chi connectivity index (χ3v) is 1.65. The summed E-state index contributed by atoms with van der Waals surface area (Å²) in [6.07, 6.45) is 0. The van der Waals surface area contributed by atoms with Gasteiger partial charge in [-0.3, -0.25) is 4.90 Å². The number of likely N-dealkylation sites (N-methyl/N-ethyl adjacent to an activating group) is 1. The van der Waals surface area contributed by atoms with Crippen LogP contribution in [0.2, 0.25) is 0 Å². The lowest BCUT2D eigenvalue weighted by Crippen LogP contribution is -2.45. The van der Waals surface area contributed by atoms with Crippen LogP contribution in [0.15, 0.2) is 0 Å². The summed E-state index contributed by atoms with van der Waals surface area (Å²) in [6.45, 7) is 2.73. The van der Waals surface area contributed by atoms with Crippen molar-refractivity contribution in [3.63, 3.8) is 0 Å². The van der Waals surface area contributed by atoms with Gasteiger partial charge in [0, 0.05) is 32.2 Å². The SMILES string of the molecule is CN(CCN)C(CN)CN. The fourth-order valence-corrected chi connectivity index (χ4v) is 0.842. The average Bonchev–Trinajstić information content (AvgIpc) is 1.91. The second-order valence-corrected chi connectivity index (χ2v) is 2.39. The zero-order valence-corrected chi connectivity index (χ0v) is 6.59. The summed E-state index contributed by atoms with van der Waals surface area (Å²) in [7, 11) is 1.98. The molecule has 0 fully saturated rings. The highest BCUT2D eigenvalue weighted by molar-refractivity contribution is 4.69. The zero-order chi connectivity index (χ0) is 7.98. The lowest BCUT2D eigenvalue weighted by atomic mass is 10.2. The van der Waals surface area contributed by atoms with Gasteiger partial charge in [0.05, 0.1) is 0 Å². The standard InChI is InChI=1S/C6H18N4/c1-10(3-2-7)6(4-8)5-9/h6H,2-5,7-9H2,1H3. The van der Waals surface area contributed by atoms with E-state index in [1.54, 1.807) is 0 Å². The lowest BCUT2D eigenvalue weighted by Gasteiger charge is -2.24. The Morgan fingerprint density at radius 2 is 1.70 bits per heavy atom. The van der Waals surface area contributed by atoms with E-state index in [0.29, 0.717) is 19.6 Å². The molecule has 0 radical (unpaired) electrons. The van der Waals surface area contributed by atoms with Crippen LogP contribution < -0.4 is 17.2 Å². The molecule has 0 spiro atoms. The zero-order valence-electron chi connectivity index (χ0n) is 6.59. The molecule has 0 saturated carbocycles. The maximum Gasteiger partial charge on any atom is 0.0338 e. The van der Waals surface area contributed by atoms with Crippen LogP contribution in [0.5, 0.6) is 0 Å². The predicted octanol–water partition coefficient (Wildman–Crippen LogP) is -1.84. The molecular weight excluding hydrogens is 128 g/mol. The van der Waals surface area contributed by atoms with Crippen LogP contribution in [-0.2, 0) is 0 Å². The van der Waals surface area contributed by atoms with E-state index in [9.17, 15) is 0 Å². The fraction of sp³-hybridized carbons (Fsp3) is 1.00. The van der Waals surface area contributed by atoms with Gasteiger partial charge in [-0.1, -0.05) is 0 Å².